The van der Waals surface area contributed by atoms with E-state index < -0.39 is 5.60 Å². The number of methoxy groups -OCH3 is 1. The van der Waals surface area contributed by atoms with Crippen LogP contribution in [0.5, 0.6) is 11.5 Å². The van der Waals surface area contributed by atoms with E-state index in [9.17, 15) is 9.59 Å². The standard InChI is InChI=1S/C21H31ClN2O5/c1-6-28-18-16(22)11-14(12-17(18)27-5)13-23-19(25)15-7-9-24(10-8-15)20(26)29-21(2,3)4/h11-12,15H,6-10,13H2,1-5H3,(H,23,25). The zero-order valence-corrected chi connectivity index (χ0v) is 18.6. The van der Waals surface area contributed by atoms with E-state index in [1.165, 1.54) is 0 Å². The Hall–Kier alpha value is -2.15. The van der Waals surface area contributed by atoms with Gasteiger partial charge >= 0.3 is 6.09 Å². The predicted octanol–water partition coefficient (Wildman–Crippen LogP) is 4.01. The van der Waals surface area contributed by atoms with Crippen molar-refractivity contribution in [1.29, 1.82) is 0 Å². The predicted molar refractivity (Wildman–Crippen MR) is 112 cm³/mol. The van der Waals surface area contributed by atoms with Gasteiger partial charge in [-0.2, -0.15) is 0 Å². The van der Waals surface area contributed by atoms with Crippen molar-refractivity contribution < 1.29 is 23.8 Å². The molecule has 1 N–H and O–H groups in total. The lowest BCUT2D eigenvalue weighted by atomic mass is 9.96. The quantitative estimate of drug-likeness (QED) is 0.743. The molecule has 1 saturated heterocycles. The van der Waals surface area contributed by atoms with Gasteiger partial charge in [0.1, 0.15) is 5.60 Å². The zero-order valence-electron chi connectivity index (χ0n) is 17.8. The number of carbonyl (C=O) groups excluding carboxylic acids is 2. The van der Waals surface area contributed by atoms with Crippen LogP contribution in [0.2, 0.25) is 5.02 Å². The maximum atomic E-state index is 12.6. The molecule has 1 aromatic rings. The van der Waals surface area contributed by atoms with E-state index in [0.29, 0.717) is 55.6 Å². The van der Waals surface area contributed by atoms with Crippen LogP contribution in [-0.4, -0.2) is 49.3 Å². The molecule has 0 bridgehead atoms. The second kappa shape index (κ2) is 10.1. The lowest BCUT2D eigenvalue weighted by Crippen LogP contribution is -2.44. The van der Waals surface area contributed by atoms with Gasteiger partial charge in [0, 0.05) is 25.6 Å². The first-order chi connectivity index (χ1) is 13.6. The van der Waals surface area contributed by atoms with Crippen molar-refractivity contribution >= 4 is 23.6 Å². The Morgan fingerprint density at radius 1 is 1.24 bits per heavy atom. The van der Waals surface area contributed by atoms with E-state index in [2.05, 4.69) is 5.32 Å². The Balaban J connectivity index is 1.88. The molecule has 0 aromatic heterocycles. The summed E-state index contributed by atoms with van der Waals surface area (Å²) in [5.41, 5.74) is 0.306. The summed E-state index contributed by atoms with van der Waals surface area (Å²) in [6, 6.07) is 3.57. The van der Waals surface area contributed by atoms with Crippen molar-refractivity contribution in [1.82, 2.24) is 10.2 Å². The van der Waals surface area contributed by atoms with E-state index in [-0.39, 0.29) is 17.9 Å². The zero-order chi connectivity index (χ0) is 21.6. The molecule has 1 aliphatic heterocycles. The van der Waals surface area contributed by atoms with Crippen LogP contribution in [0.1, 0.15) is 46.1 Å². The number of carbonyl (C=O) groups is 2. The summed E-state index contributed by atoms with van der Waals surface area (Å²) in [5.74, 6) is 0.877. The van der Waals surface area contributed by atoms with Crippen molar-refractivity contribution in [3.8, 4) is 11.5 Å². The summed E-state index contributed by atoms with van der Waals surface area (Å²) in [6.07, 6.45) is 0.893. The van der Waals surface area contributed by atoms with E-state index in [4.69, 9.17) is 25.8 Å². The smallest absolute Gasteiger partial charge is 0.410 e. The van der Waals surface area contributed by atoms with Crippen molar-refractivity contribution in [2.24, 2.45) is 5.92 Å². The van der Waals surface area contributed by atoms with Gasteiger partial charge in [-0.1, -0.05) is 11.6 Å². The van der Waals surface area contributed by atoms with Gasteiger partial charge in [-0.05, 0) is 58.2 Å². The molecule has 0 saturated carbocycles. The second-order valence-electron chi connectivity index (χ2n) is 8.00. The highest BCUT2D eigenvalue weighted by Gasteiger charge is 2.29. The van der Waals surface area contributed by atoms with Gasteiger partial charge in [-0.3, -0.25) is 4.79 Å². The maximum absolute atomic E-state index is 12.6. The molecule has 2 rings (SSSR count). The average Bonchev–Trinajstić information content (AvgIpc) is 2.66. The van der Waals surface area contributed by atoms with Crippen molar-refractivity contribution in [2.75, 3.05) is 26.8 Å². The minimum absolute atomic E-state index is 0.0298. The molecule has 1 fully saturated rings. The Morgan fingerprint density at radius 3 is 2.45 bits per heavy atom. The van der Waals surface area contributed by atoms with E-state index in [0.717, 1.165) is 5.56 Å². The summed E-state index contributed by atoms with van der Waals surface area (Å²) in [4.78, 5) is 26.3. The monoisotopic (exact) mass is 426 g/mol. The first kappa shape index (κ1) is 23.1. The molecule has 162 valence electrons. The molecule has 1 heterocycles. The van der Waals surface area contributed by atoms with Crippen LogP contribution in [0.3, 0.4) is 0 Å². The average molecular weight is 427 g/mol. The fourth-order valence-electron chi connectivity index (χ4n) is 3.14. The first-order valence-corrected chi connectivity index (χ1v) is 10.3. The fraction of sp³-hybridized carbons (Fsp3) is 0.619. The third kappa shape index (κ3) is 6.70. The van der Waals surface area contributed by atoms with Gasteiger partial charge in [0.05, 0.1) is 18.7 Å². The highest BCUT2D eigenvalue weighted by Crippen LogP contribution is 2.36. The summed E-state index contributed by atoms with van der Waals surface area (Å²) >= 11 is 6.28. The minimum Gasteiger partial charge on any atom is -0.493 e. The molecular weight excluding hydrogens is 396 g/mol. The Morgan fingerprint density at radius 2 is 1.90 bits per heavy atom. The van der Waals surface area contributed by atoms with E-state index in [1.54, 1.807) is 18.1 Å². The fourth-order valence-corrected chi connectivity index (χ4v) is 3.43. The van der Waals surface area contributed by atoms with Crippen LogP contribution < -0.4 is 14.8 Å². The highest BCUT2D eigenvalue weighted by molar-refractivity contribution is 6.32. The summed E-state index contributed by atoms with van der Waals surface area (Å²) in [6.45, 7) is 9.24. The van der Waals surface area contributed by atoms with Crippen molar-refractivity contribution in [3.05, 3.63) is 22.7 Å². The normalized spacial score (nSPS) is 15.0. The van der Waals surface area contributed by atoms with Gasteiger partial charge < -0.3 is 24.4 Å². The molecule has 0 unspecified atom stereocenters. The van der Waals surface area contributed by atoms with Gasteiger partial charge in [0.25, 0.3) is 0 Å². The third-order valence-electron chi connectivity index (χ3n) is 4.56. The van der Waals surface area contributed by atoms with Crippen molar-refractivity contribution in [3.63, 3.8) is 0 Å². The van der Waals surface area contributed by atoms with Gasteiger partial charge in [0.2, 0.25) is 5.91 Å². The number of piperidine rings is 1. The summed E-state index contributed by atoms with van der Waals surface area (Å²) in [5, 5.41) is 3.40. The molecule has 1 aliphatic rings. The molecule has 0 spiro atoms. The number of benzene rings is 1. The number of halogens is 1. The number of amides is 2. The topological polar surface area (TPSA) is 77.1 Å². The number of nitrogens with zero attached hydrogens (tertiary/aromatic N) is 1. The van der Waals surface area contributed by atoms with E-state index >= 15 is 0 Å². The molecule has 0 aliphatic carbocycles. The van der Waals surface area contributed by atoms with Crippen LogP contribution in [0.25, 0.3) is 0 Å². The number of likely N-dealkylation sites (tertiary alicyclic amines) is 1. The van der Waals surface area contributed by atoms with Gasteiger partial charge in [-0.15, -0.1) is 0 Å². The second-order valence-corrected chi connectivity index (χ2v) is 8.41. The van der Waals surface area contributed by atoms with Gasteiger partial charge in [0.15, 0.2) is 11.5 Å². The number of nitrogens with one attached hydrogen (secondary N) is 1. The first-order valence-electron chi connectivity index (χ1n) is 9.89. The SMILES string of the molecule is CCOc1c(Cl)cc(CNC(=O)C2CCN(C(=O)OC(C)(C)C)CC2)cc1OC. The minimum atomic E-state index is -0.522. The lowest BCUT2D eigenvalue weighted by molar-refractivity contribution is -0.126. The molecule has 0 radical (unpaired) electrons. The third-order valence-corrected chi connectivity index (χ3v) is 4.84. The molecular formula is C21H31ClN2O5. The van der Waals surface area contributed by atoms with E-state index in [1.807, 2.05) is 33.8 Å². The Labute approximate surface area is 177 Å². The lowest BCUT2D eigenvalue weighted by Gasteiger charge is -2.32. The summed E-state index contributed by atoms with van der Waals surface area (Å²) < 4.78 is 16.2. The highest BCUT2D eigenvalue weighted by atomic mass is 35.5. The number of hydrogen-bond donors (Lipinski definition) is 1. The molecule has 29 heavy (non-hydrogen) atoms. The largest absolute Gasteiger partial charge is 0.493 e. The molecule has 7 nitrogen and oxygen atoms in total. The van der Waals surface area contributed by atoms with Gasteiger partial charge in [-0.25, -0.2) is 4.79 Å². The molecule has 0 atom stereocenters. The van der Waals surface area contributed by atoms with Crippen molar-refractivity contribution in [2.45, 2.75) is 52.7 Å². The maximum Gasteiger partial charge on any atom is 0.410 e. The summed E-state index contributed by atoms with van der Waals surface area (Å²) in [7, 11) is 1.55. The van der Waals surface area contributed by atoms with Crippen LogP contribution in [0.15, 0.2) is 12.1 Å². The number of hydrogen-bond acceptors (Lipinski definition) is 5. The van der Waals surface area contributed by atoms with Crippen LogP contribution >= 0.6 is 11.6 Å². The van der Waals surface area contributed by atoms with Crippen LogP contribution in [0, 0.1) is 5.92 Å². The Kier molecular flexibility index (Phi) is 8.02. The number of ether oxygens (including phenoxy) is 3. The number of rotatable bonds is 6. The molecule has 2 amide bonds. The molecule has 1 aromatic carbocycles. The van der Waals surface area contributed by atoms with Crippen LogP contribution in [-0.2, 0) is 16.1 Å². The van der Waals surface area contributed by atoms with Crippen LogP contribution in [0.4, 0.5) is 4.79 Å². The Bertz CT molecular complexity index is 725. The molecule has 8 heteroatoms.